The molecule has 0 amide bonds. The van der Waals surface area contributed by atoms with Crippen molar-refractivity contribution >= 4 is 15.9 Å². The van der Waals surface area contributed by atoms with E-state index in [1.807, 2.05) is 0 Å². The van der Waals surface area contributed by atoms with Crippen LogP contribution in [0.3, 0.4) is 0 Å². The average molecular weight is 307 g/mol. The molecule has 1 saturated carbocycles. The van der Waals surface area contributed by atoms with Crippen molar-refractivity contribution in [1.82, 2.24) is 0 Å². The lowest BCUT2D eigenvalue weighted by Crippen LogP contribution is -2.08. The lowest BCUT2D eigenvalue weighted by molar-refractivity contribution is 0.463. The molecule has 18 heavy (non-hydrogen) atoms. The Hall–Kier alpha value is -0.300. The summed E-state index contributed by atoms with van der Waals surface area (Å²) in [5.41, 5.74) is 4.83. The molecule has 2 aliphatic rings. The van der Waals surface area contributed by atoms with Gasteiger partial charge in [-0.15, -0.1) is 0 Å². The van der Waals surface area contributed by atoms with Crippen LogP contribution in [0.1, 0.15) is 55.2 Å². The standard InChI is InChI=1S/C17H23Br/c18-17-7-2-1-4-13(12-17)10-14-8-9-15-5-3-6-16(15)11-14/h8-9,11,13,17H,1-7,10,12H2. The maximum absolute atomic E-state index is 3.84. The normalized spacial score (nSPS) is 27.8. The number of aryl methyl sites for hydroxylation is 2. The largest absolute Gasteiger partial charge is 0.0891 e. The topological polar surface area (TPSA) is 0 Å². The Bertz CT molecular complexity index is 410. The van der Waals surface area contributed by atoms with Crippen molar-refractivity contribution in [3.05, 3.63) is 34.9 Å². The molecule has 0 N–H and O–H groups in total. The number of hydrogen-bond acceptors (Lipinski definition) is 0. The highest BCUT2D eigenvalue weighted by molar-refractivity contribution is 9.09. The van der Waals surface area contributed by atoms with Crippen molar-refractivity contribution in [2.45, 2.75) is 62.6 Å². The number of fused-ring (bicyclic) bond motifs is 1. The van der Waals surface area contributed by atoms with E-state index in [-0.39, 0.29) is 0 Å². The van der Waals surface area contributed by atoms with Crippen LogP contribution in [-0.4, -0.2) is 4.83 Å². The maximum atomic E-state index is 3.84. The highest BCUT2D eigenvalue weighted by atomic mass is 79.9. The molecule has 1 heteroatoms. The number of hydrogen-bond donors (Lipinski definition) is 0. The highest BCUT2D eigenvalue weighted by Crippen LogP contribution is 2.31. The molecule has 1 fully saturated rings. The average Bonchev–Trinajstić information content (AvgIpc) is 2.72. The maximum Gasteiger partial charge on any atom is 0.0148 e. The van der Waals surface area contributed by atoms with Gasteiger partial charge in [0.1, 0.15) is 0 Å². The Kier molecular flexibility index (Phi) is 4.08. The molecule has 1 aromatic rings. The van der Waals surface area contributed by atoms with E-state index in [2.05, 4.69) is 34.1 Å². The SMILES string of the molecule is BrC1CCCCC(Cc2ccc3c(c2)CCC3)C1. The second kappa shape index (κ2) is 5.77. The fourth-order valence-corrected chi connectivity index (χ4v) is 4.52. The summed E-state index contributed by atoms with van der Waals surface area (Å²) in [5, 5.41) is 0. The van der Waals surface area contributed by atoms with E-state index in [0.29, 0.717) is 0 Å². The second-order valence-corrected chi connectivity index (χ2v) is 7.44. The molecule has 0 radical (unpaired) electrons. The van der Waals surface area contributed by atoms with Gasteiger partial charge in [-0.1, -0.05) is 53.4 Å². The van der Waals surface area contributed by atoms with E-state index in [1.54, 1.807) is 16.7 Å². The molecule has 0 bridgehead atoms. The van der Waals surface area contributed by atoms with Gasteiger partial charge >= 0.3 is 0 Å². The minimum atomic E-state index is 0.763. The van der Waals surface area contributed by atoms with Gasteiger partial charge in [-0.05, 0) is 61.1 Å². The van der Waals surface area contributed by atoms with Gasteiger partial charge in [-0.2, -0.15) is 0 Å². The zero-order valence-electron chi connectivity index (χ0n) is 11.1. The van der Waals surface area contributed by atoms with Gasteiger partial charge in [0.15, 0.2) is 0 Å². The van der Waals surface area contributed by atoms with Crippen molar-refractivity contribution < 1.29 is 0 Å². The molecule has 0 heterocycles. The highest BCUT2D eigenvalue weighted by Gasteiger charge is 2.19. The smallest absolute Gasteiger partial charge is 0.0148 e. The predicted octanol–water partition coefficient (Wildman–Crippen LogP) is 5.06. The first-order valence-electron chi connectivity index (χ1n) is 7.56. The van der Waals surface area contributed by atoms with Gasteiger partial charge in [0.25, 0.3) is 0 Å². The lowest BCUT2D eigenvalue weighted by Gasteiger charge is -2.16. The summed E-state index contributed by atoms with van der Waals surface area (Å²) in [6.45, 7) is 0. The first-order valence-corrected chi connectivity index (χ1v) is 8.47. The van der Waals surface area contributed by atoms with Crippen molar-refractivity contribution in [1.29, 1.82) is 0 Å². The molecule has 2 aliphatic carbocycles. The fraction of sp³-hybridized carbons (Fsp3) is 0.647. The van der Waals surface area contributed by atoms with E-state index in [4.69, 9.17) is 0 Å². The molecule has 98 valence electrons. The quantitative estimate of drug-likeness (QED) is 0.529. The Morgan fingerprint density at radius 3 is 2.78 bits per heavy atom. The van der Waals surface area contributed by atoms with E-state index in [0.717, 1.165) is 10.7 Å². The van der Waals surface area contributed by atoms with Crippen molar-refractivity contribution in [3.8, 4) is 0 Å². The molecular formula is C17H23Br. The van der Waals surface area contributed by atoms with Gasteiger partial charge in [0.2, 0.25) is 0 Å². The van der Waals surface area contributed by atoms with E-state index >= 15 is 0 Å². The van der Waals surface area contributed by atoms with E-state index < -0.39 is 0 Å². The van der Waals surface area contributed by atoms with E-state index in [1.165, 1.54) is 57.8 Å². The zero-order chi connectivity index (χ0) is 12.4. The summed E-state index contributed by atoms with van der Waals surface area (Å²) in [6, 6.07) is 7.27. The summed E-state index contributed by atoms with van der Waals surface area (Å²) in [6.07, 6.45) is 12.3. The molecule has 0 aliphatic heterocycles. The van der Waals surface area contributed by atoms with Crippen LogP contribution in [-0.2, 0) is 19.3 Å². The summed E-state index contributed by atoms with van der Waals surface area (Å²) in [7, 11) is 0. The minimum absolute atomic E-state index is 0.763. The number of halogens is 1. The number of alkyl halides is 1. The second-order valence-electron chi connectivity index (χ2n) is 6.14. The van der Waals surface area contributed by atoms with Gasteiger partial charge < -0.3 is 0 Å². The number of rotatable bonds is 2. The summed E-state index contributed by atoms with van der Waals surface area (Å²) in [5.74, 6) is 0.899. The van der Waals surface area contributed by atoms with Crippen LogP contribution in [0, 0.1) is 5.92 Å². The third kappa shape index (κ3) is 2.99. The Morgan fingerprint density at radius 2 is 1.83 bits per heavy atom. The first kappa shape index (κ1) is 12.7. The zero-order valence-corrected chi connectivity index (χ0v) is 12.7. The van der Waals surface area contributed by atoms with Gasteiger partial charge in [-0.3, -0.25) is 0 Å². The van der Waals surface area contributed by atoms with Crippen molar-refractivity contribution in [2.24, 2.45) is 5.92 Å². The summed E-state index contributed by atoms with van der Waals surface area (Å²) >= 11 is 3.84. The van der Waals surface area contributed by atoms with E-state index in [9.17, 15) is 0 Å². The molecule has 0 spiro atoms. The molecule has 3 rings (SSSR count). The van der Waals surface area contributed by atoms with Crippen molar-refractivity contribution in [3.63, 3.8) is 0 Å². The van der Waals surface area contributed by atoms with Crippen LogP contribution in [0.2, 0.25) is 0 Å². The minimum Gasteiger partial charge on any atom is -0.0891 e. The molecule has 2 unspecified atom stereocenters. The van der Waals surface area contributed by atoms with Crippen LogP contribution in [0.4, 0.5) is 0 Å². The molecule has 1 aromatic carbocycles. The third-order valence-corrected chi connectivity index (χ3v) is 5.49. The van der Waals surface area contributed by atoms with Crippen LogP contribution in [0.5, 0.6) is 0 Å². The predicted molar refractivity (Wildman–Crippen MR) is 81.5 cm³/mol. The Morgan fingerprint density at radius 1 is 1.00 bits per heavy atom. The molecule has 0 nitrogen and oxygen atoms in total. The van der Waals surface area contributed by atoms with Gasteiger partial charge in [0, 0.05) is 4.83 Å². The first-order chi connectivity index (χ1) is 8.81. The lowest BCUT2D eigenvalue weighted by atomic mass is 9.91. The fourth-order valence-electron chi connectivity index (χ4n) is 3.67. The molecule has 2 atom stereocenters. The molecule has 0 aromatic heterocycles. The van der Waals surface area contributed by atoms with Crippen LogP contribution in [0.15, 0.2) is 18.2 Å². The summed E-state index contributed by atoms with van der Waals surface area (Å²) in [4.78, 5) is 0.763. The monoisotopic (exact) mass is 306 g/mol. The van der Waals surface area contributed by atoms with Crippen LogP contribution < -0.4 is 0 Å². The Labute approximate surface area is 119 Å². The Balaban J connectivity index is 1.68. The van der Waals surface area contributed by atoms with Crippen LogP contribution in [0.25, 0.3) is 0 Å². The van der Waals surface area contributed by atoms with Gasteiger partial charge in [-0.25, -0.2) is 0 Å². The van der Waals surface area contributed by atoms with Crippen molar-refractivity contribution in [2.75, 3.05) is 0 Å². The van der Waals surface area contributed by atoms with Crippen LogP contribution >= 0.6 is 15.9 Å². The third-order valence-electron chi connectivity index (χ3n) is 4.66. The number of benzene rings is 1. The summed E-state index contributed by atoms with van der Waals surface area (Å²) < 4.78 is 0. The van der Waals surface area contributed by atoms with Gasteiger partial charge in [0.05, 0.1) is 0 Å². The molecular weight excluding hydrogens is 284 g/mol. The molecule has 0 saturated heterocycles.